The van der Waals surface area contributed by atoms with Crippen molar-refractivity contribution in [3.63, 3.8) is 0 Å². The number of carbonyl (C=O) groups is 1. The smallest absolute Gasteiger partial charge is 0.173 e. The van der Waals surface area contributed by atoms with E-state index in [4.69, 9.17) is 0 Å². The van der Waals surface area contributed by atoms with Crippen LogP contribution in [0.1, 0.15) is 10.4 Å². The minimum Gasteiger partial charge on any atom is -0.293 e. The average Bonchev–Trinajstić information content (AvgIpc) is 2.39. The lowest BCUT2D eigenvalue weighted by atomic mass is 10.2. The molecule has 17 heavy (non-hydrogen) atoms. The molecule has 0 aliphatic rings. The van der Waals surface area contributed by atoms with Gasteiger partial charge in [-0.1, -0.05) is 30.3 Å². The standard InChI is InChI=1S/C14H11FOS/c15-12-6-8-13(9-7-12)17-10-14(16)11-4-2-1-3-5-11/h1-9H,10H2. The maximum absolute atomic E-state index is 12.7. The molecule has 0 aliphatic heterocycles. The van der Waals surface area contributed by atoms with Crippen molar-refractivity contribution in [3.05, 3.63) is 66.0 Å². The van der Waals surface area contributed by atoms with E-state index in [9.17, 15) is 9.18 Å². The molecule has 0 saturated carbocycles. The van der Waals surface area contributed by atoms with Crippen molar-refractivity contribution in [2.75, 3.05) is 5.75 Å². The Kier molecular flexibility index (Phi) is 3.94. The van der Waals surface area contributed by atoms with E-state index >= 15 is 0 Å². The van der Waals surface area contributed by atoms with Crippen molar-refractivity contribution in [1.29, 1.82) is 0 Å². The Morgan fingerprint density at radius 3 is 2.29 bits per heavy atom. The number of Topliss-reactive ketones (excluding diaryl/α,β-unsaturated/α-hetero) is 1. The first-order chi connectivity index (χ1) is 8.25. The van der Waals surface area contributed by atoms with Crippen LogP contribution in [0.4, 0.5) is 4.39 Å². The number of halogens is 1. The molecule has 0 spiro atoms. The fourth-order valence-electron chi connectivity index (χ4n) is 1.39. The molecule has 0 aliphatic carbocycles. The number of benzene rings is 2. The molecule has 0 heterocycles. The molecule has 0 fully saturated rings. The second-order valence-electron chi connectivity index (χ2n) is 3.53. The van der Waals surface area contributed by atoms with Crippen molar-refractivity contribution in [1.82, 2.24) is 0 Å². The predicted molar refractivity (Wildman–Crippen MR) is 67.9 cm³/mol. The van der Waals surface area contributed by atoms with Gasteiger partial charge in [-0.3, -0.25) is 4.79 Å². The van der Waals surface area contributed by atoms with Gasteiger partial charge in [-0.2, -0.15) is 0 Å². The summed E-state index contributed by atoms with van der Waals surface area (Å²) in [5.41, 5.74) is 0.710. The summed E-state index contributed by atoms with van der Waals surface area (Å²) in [6.07, 6.45) is 0. The molecule has 1 nitrogen and oxygen atoms in total. The fraction of sp³-hybridized carbons (Fsp3) is 0.0714. The highest BCUT2D eigenvalue weighted by Gasteiger charge is 2.05. The average molecular weight is 246 g/mol. The highest BCUT2D eigenvalue weighted by molar-refractivity contribution is 8.00. The zero-order chi connectivity index (χ0) is 12.1. The van der Waals surface area contributed by atoms with Crippen LogP contribution in [-0.2, 0) is 0 Å². The van der Waals surface area contributed by atoms with Gasteiger partial charge >= 0.3 is 0 Å². The van der Waals surface area contributed by atoms with Gasteiger partial charge in [0.15, 0.2) is 5.78 Å². The molecule has 2 aromatic rings. The van der Waals surface area contributed by atoms with Crippen molar-refractivity contribution >= 4 is 17.5 Å². The monoisotopic (exact) mass is 246 g/mol. The van der Waals surface area contributed by atoms with E-state index in [2.05, 4.69) is 0 Å². The molecule has 86 valence electrons. The largest absolute Gasteiger partial charge is 0.293 e. The zero-order valence-corrected chi connectivity index (χ0v) is 9.91. The Hall–Kier alpha value is -1.61. The summed E-state index contributed by atoms with van der Waals surface area (Å²) in [6, 6.07) is 15.3. The summed E-state index contributed by atoms with van der Waals surface area (Å²) < 4.78 is 12.7. The van der Waals surface area contributed by atoms with E-state index in [1.807, 2.05) is 18.2 Å². The van der Waals surface area contributed by atoms with Crippen LogP contribution in [0.3, 0.4) is 0 Å². The molecule has 0 aromatic heterocycles. The summed E-state index contributed by atoms with van der Waals surface area (Å²) in [4.78, 5) is 12.7. The Morgan fingerprint density at radius 2 is 1.65 bits per heavy atom. The van der Waals surface area contributed by atoms with E-state index < -0.39 is 0 Å². The quantitative estimate of drug-likeness (QED) is 0.603. The topological polar surface area (TPSA) is 17.1 Å². The maximum atomic E-state index is 12.7. The first-order valence-corrected chi connectivity index (χ1v) is 6.21. The Morgan fingerprint density at radius 1 is 1.00 bits per heavy atom. The number of rotatable bonds is 4. The molecular formula is C14H11FOS. The molecule has 2 aromatic carbocycles. The molecule has 0 unspecified atom stereocenters. The first kappa shape index (κ1) is 11.9. The van der Waals surface area contributed by atoms with Gasteiger partial charge in [-0.15, -0.1) is 11.8 Å². The van der Waals surface area contributed by atoms with Crippen LogP contribution in [-0.4, -0.2) is 11.5 Å². The molecule has 0 saturated heterocycles. The molecule has 0 bridgehead atoms. The molecule has 2 rings (SSSR count). The van der Waals surface area contributed by atoms with Crippen LogP contribution >= 0.6 is 11.8 Å². The second-order valence-corrected chi connectivity index (χ2v) is 4.58. The van der Waals surface area contributed by atoms with Gasteiger partial charge in [-0.05, 0) is 24.3 Å². The molecule has 3 heteroatoms. The van der Waals surface area contributed by atoms with Gasteiger partial charge in [0.1, 0.15) is 5.82 Å². The Labute approximate surface area is 104 Å². The Balaban J connectivity index is 1.95. The van der Waals surface area contributed by atoms with Gasteiger partial charge in [-0.25, -0.2) is 4.39 Å². The van der Waals surface area contributed by atoms with Gasteiger partial charge in [0.2, 0.25) is 0 Å². The third kappa shape index (κ3) is 3.43. The third-order valence-corrected chi connectivity index (χ3v) is 3.29. The molecule has 0 atom stereocenters. The van der Waals surface area contributed by atoms with Crippen molar-refractivity contribution < 1.29 is 9.18 Å². The number of hydrogen-bond acceptors (Lipinski definition) is 2. The molecular weight excluding hydrogens is 235 g/mol. The van der Waals surface area contributed by atoms with Crippen molar-refractivity contribution in [2.45, 2.75) is 4.90 Å². The lowest BCUT2D eigenvalue weighted by Gasteiger charge is -2.01. The first-order valence-electron chi connectivity index (χ1n) is 5.22. The van der Waals surface area contributed by atoms with E-state index in [0.717, 1.165) is 4.90 Å². The number of carbonyl (C=O) groups excluding carboxylic acids is 1. The predicted octanol–water partition coefficient (Wildman–Crippen LogP) is 3.80. The van der Waals surface area contributed by atoms with Crippen LogP contribution in [0.2, 0.25) is 0 Å². The second kappa shape index (κ2) is 5.64. The van der Waals surface area contributed by atoms with E-state index in [1.165, 1.54) is 23.9 Å². The van der Waals surface area contributed by atoms with Crippen molar-refractivity contribution in [2.24, 2.45) is 0 Å². The van der Waals surface area contributed by atoms with E-state index in [0.29, 0.717) is 11.3 Å². The van der Waals surface area contributed by atoms with Crippen LogP contribution in [0, 0.1) is 5.82 Å². The number of ketones is 1. The summed E-state index contributed by atoms with van der Waals surface area (Å²) in [5.74, 6) is 0.194. The van der Waals surface area contributed by atoms with E-state index in [1.54, 1.807) is 24.3 Å². The maximum Gasteiger partial charge on any atom is 0.173 e. The number of hydrogen-bond donors (Lipinski definition) is 0. The molecule has 0 radical (unpaired) electrons. The van der Waals surface area contributed by atoms with Crippen LogP contribution < -0.4 is 0 Å². The lowest BCUT2D eigenvalue weighted by Crippen LogP contribution is -2.01. The minimum atomic E-state index is -0.260. The van der Waals surface area contributed by atoms with Crippen LogP contribution in [0.5, 0.6) is 0 Å². The molecule has 0 N–H and O–H groups in total. The normalized spacial score (nSPS) is 10.2. The van der Waals surface area contributed by atoms with Gasteiger partial charge in [0.05, 0.1) is 5.75 Å². The van der Waals surface area contributed by atoms with Gasteiger partial charge in [0.25, 0.3) is 0 Å². The SMILES string of the molecule is O=C(CSc1ccc(F)cc1)c1ccccc1. The van der Waals surface area contributed by atoms with E-state index in [-0.39, 0.29) is 11.6 Å². The summed E-state index contributed by atoms with van der Waals surface area (Å²) >= 11 is 1.42. The summed E-state index contributed by atoms with van der Waals surface area (Å²) in [5, 5.41) is 0. The van der Waals surface area contributed by atoms with Gasteiger partial charge < -0.3 is 0 Å². The Bertz CT molecular complexity index is 493. The zero-order valence-electron chi connectivity index (χ0n) is 9.10. The number of thioether (sulfide) groups is 1. The highest BCUT2D eigenvalue weighted by Crippen LogP contribution is 2.19. The summed E-state index contributed by atoms with van der Waals surface area (Å²) in [6.45, 7) is 0. The minimum absolute atomic E-state index is 0.0833. The fourth-order valence-corrected chi connectivity index (χ4v) is 2.18. The molecule has 0 amide bonds. The van der Waals surface area contributed by atoms with Crippen LogP contribution in [0.15, 0.2) is 59.5 Å². The van der Waals surface area contributed by atoms with Gasteiger partial charge in [0, 0.05) is 10.5 Å². The highest BCUT2D eigenvalue weighted by atomic mass is 32.2. The summed E-state index contributed by atoms with van der Waals surface area (Å²) in [7, 11) is 0. The lowest BCUT2D eigenvalue weighted by molar-refractivity contribution is 0.102. The third-order valence-electron chi connectivity index (χ3n) is 2.28. The van der Waals surface area contributed by atoms with Crippen molar-refractivity contribution in [3.8, 4) is 0 Å². The van der Waals surface area contributed by atoms with Crippen LogP contribution in [0.25, 0.3) is 0 Å².